The Morgan fingerprint density at radius 1 is 1.59 bits per heavy atom. The third kappa shape index (κ3) is 1.51. The molecule has 1 unspecified atom stereocenters. The monoisotopic (exact) mass is 232 g/mol. The fraction of sp³-hybridized carbons (Fsp3) is 0.333. The van der Waals surface area contributed by atoms with Gasteiger partial charge in [0.1, 0.15) is 11.9 Å². The standard InChI is InChI=1S/C12H12N2O3/c1-14-9-6-7(12(15)16)2-3-8(9)13-11(14)10-4-5-17-10/h2-3,6,10H,4-5H2,1H3,(H,15,16). The molecular formula is C12H12N2O3. The number of fused-ring (bicyclic) bond motifs is 1. The van der Waals surface area contributed by atoms with Crippen LogP contribution in [-0.4, -0.2) is 27.2 Å². The molecule has 5 heteroatoms. The first-order chi connectivity index (χ1) is 8.16. The number of imidazole rings is 1. The minimum Gasteiger partial charge on any atom is -0.478 e. The Morgan fingerprint density at radius 3 is 2.94 bits per heavy atom. The minimum atomic E-state index is -0.922. The maximum absolute atomic E-state index is 10.9. The SMILES string of the molecule is Cn1c(C2CCO2)nc2ccc(C(=O)O)cc21. The molecule has 0 radical (unpaired) electrons. The molecule has 88 valence electrons. The summed E-state index contributed by atoms with van der Waals surface area (Å²) in [4.78, 5) is 15.4. The third-order valence-electron chi connectivity index (χ3n) is 3.15. The van der Waals surface area contributed by atoms with E-state index in [4.69, 9.17) is 9.84 Å². The molecule has 5 nitrogen and oxygen atoms in total. The molecule has 1 saturated heterocycles. The van der Waals surface area contributed by atoms with Crippen LogP contribution in [0.4, 0.5) is 0 Å². The molecule has 1 N–H and O–H groups in total. The van der Waals surface area contributed by atoms with Crippen LogP contribution in [0.3, 0.4) is 0 Å². The largest absolute Gasteiger partial charge is 0.478 e. The highest BCUT2D eigenvalue weighted by Crippen LogP contribution is 2.30. The van der Waals surface area contributed by atoms with E-state index in [1.165, 1.54) is 0 Å². The minimum absolute atomic E-state index is 0.0562. The van der Waals surface area contributed by atoms with Gasteiger partial charge in [0, 0.05) is 13.5 Å². The lowest BCUT2D eigenvalue weighted by Gasteiger charge is -2.25. The molecule has 1 aromatic carbocycles. The molecule has 2 aromatic rings. The second-order valence-electron chi connectivity index (χ2n) is 4.19. The first-order valence-corrected chi connectivity index (χ1v) is 5.48. The van der Waals surface area contributed by atoms with Gasteiger partial charge in [-0.05, 0) is 18.2 Å². The number of aromatic nitrogens is 2. The molecule has 1 aliphatic heterocycles. The highest BCUT2D eigenvalue weighted by Gasteiger charge is 2.25. The topological polar surface area (TPSA) is 64.4 Å². The van der Waals surface area contributed by atoms with E-state index in [1.807, 2.05) is 11.6 Å². The van der Waals surface area contributed by atoms with Crippen LogP contribution < -0.4 is 0 Å². The number of nitrogens with zero attached hydrogens (tertiary/aromatic N) is 2. The van der Waals surface area contributed by atoms with Crippen molar-refractivity contribution in [1.29, 1.82) is 0 Å². The van der Waals surface area contributed by atoms with Crippen molar-refractivity contribution < 1.29 is 14.6 Å². The molecule has 0 bridgehead atoms. The van der Waals surface area contributed by atoms with E-state index in [2.05, 4.69) is 4.98 Å². The van der Waals surface area contributed by atoms with Crippen LogP contribution in [0.25, 0.3) is 11.0 Å². The highest BCUT2D eigenvalue weighted by atomic mass is 16.5. The molecular weight excluding hydrogens is 220 g/mol. The van der Waals surface area contributed by atoms with Crippen LogP contribution in [0.15, 0.2) is 18.2 Å². The van der Waals surface area contributed by atoms with Gasteiger partial charge in [-0.25, -0.2) is 9.78 Å². The van der Waals surface area contributed by atoms with Crippen molar-refractivity contribution in [2.45, 2.75) is 12.5 Å². The van der Waals surface area contributed by atoms with Gasteiger partial charge in [0.05, 0.1) is 23.2 Å². The Hall–Kier alpha value is -1.88. The van der Waals surface area contributed by atoms with Crippen molar-refractivity contribution in [2.75, 3.05) is 6.61 Å². The van der Waals surface area contributed by atoms with E-state index in [0.29, 0.717) is 0 Å². The Balaban J connectivity index is 2.15. The Morgan fingerprint density at radius 2 is 2.35 bits per heavy atom. The first kappa shape index (κ1) is 10.3. The van der Waals surface area contributed by atoms with Crippen LogP contribution in [0.5, 0.6) is 0 Å². The summed E-state index contributed by atoms with van der Waals surface area (Å²) in [5, 5.41) is 8.95. The van der Waals surface area contributed by atoms with Crippen LogP contribution in [0.2, 0.25) is 0 Å². The molecule has 0 spiro atoms. The summed E-state index contributed by atoms with van der Waals surface area (Å²) >= 11 is 0. The maximum Gasteiger partial charge on any atom is 0.335 e. The van der Waals surface area contributed by atoms with Gasteiger partial charge < -0.3 is 14.4 Å². The molecule has 1 aliphatic rings. The van der Waals surface area contributed by atoms with Gasteiger partial charge in [0.15, 0.2) is 0 Å². The van der Waals surface area contributed by atoms with Gasteiger partial charge >= 0.3 is 5.97 Å². The van der Waals surface area contributed by atoms with E-state index >= 15 is 0 Å². The zero-order chi connectivity index (χ0) is 12.0. The average molecular weight is 232 g/mol. The molecule has 0 amide bonds. The molecule has 17 heavy (non-hydrogen) atoms. The molecule has 0 aliphatic carbocycles. The van der Waals surface area contributed by atoms with Gasteiger partial charge in [-0.15, -0.1) is 0 Å². The average Bonchev–Trinajstić information content (AvgIpc) is 2.54. The predicted octanol–water partition coefficient (Wildman–Crippen LogP) is 1.73. The van der Waals surface area contributed by atoms with Crippen molar-refractivity contribution in [3.8, 4) is 0 Å². The van der Waals surface area contributed by atoms with E-state index in [1.54, 1.807) is 18.2 Å². The summed E-state index contributed by atoms with van der Waals surface area (Å²) in [5.41, 5.74) is 1.92. The maximum atomic E-state index is 10.9. The number of carbonyl (C=O) groups is 1. The van der Waals surface area contributed by atoms with E-state index in [-0.39, 0.29) is 11.7 Å². The second-order valence-corrected chi connectivity index (χ2v) is 4.19. The summed E-state index contributed by atoms with van der Waals surface area (Å²) in [6.07, 6.45) is 1.03. The Bertz CT molecular complexity index is 599. The van der Waals surface area contributed by atoms with Crippen LogP contribution in [0, 0.1) is 0 Å². The number of carboxylic acids is 1. The number of ether oxygens (including phenoxy) is 1. The van der Waals surface area contributed by atoms with Crippen LogP contribution in [0.1, 0.15) is 28.7 Å². The number of rotatable bonds is 2. The number of carboxylic acid groups (broad SMARTS) is 1. The number of hydrogen-bond acceptors (Lipinski definition) is 3. The lowest BCUT2D eigenvalue weighted by molar-refractivity contribution is -0.0591. The van der Waals surface area contributed by atoms with Crippen molar-refractivity contribution in [3.05, 3.63) is 29.6 Å². The molecule has 0 saturated carbocycles. The second kappa shape index (κ2) is 3.56. The summed E-state index contributed by atoms with van der Waals surface area (Å²) < 4.78 is 7.31. The van der Waals surface area contributed by atoms with E-state index in [0.717, 1.165) is 29.9 Å². The number of benzene rings is 1. The Labute approximate surface area is 97.6 Å². The fourth-order valence-corrected chi connectivity index (χ4v) is 2.07. The lowest BCUT2D eigenvalue weighted by atomic mass is 10.2. The summed E-state index contributed by atoms with van der Waals surface area (Å²) in [6, 6.07) is 4.96. The molecule has 2 heterocycles. The van der Waals surface area contributed by atoms with Crippen molar-refractivity contribution >= 4 is 17.0 Å². The summed E-state index contributed by atoms with van der Waals surface area (Å²) in [6.45, 7) is 0.772. The molecule has 1 atom stereocenters. The predicted molar refractivity (Wildman–Crippen MR) is 61.0 cm³/mol. The fourth-order valence-electron chi connectivity index (χ4n) is 2.07. The van der Waals surface area contributed by atoms with Gasteiger partial charge in [-0.2, -0.15) is 0 Å². The van der Waals surface area contributed by atoms with Crippen molar-refractivity contribution in [1.82, 2.24) is 9.55 Å². The smallest absolute Gasteiger partial charge is 0.335 e. The quantitative estimate of drug-likeness (QED) is 0.856. The van der Waals surface area contributed by atoms with Crippen LogP contribution in [-0.2, 0) is 11.8 Å². The zero-order valence-corrected chi connectivity index (χ0v) is 9.38. The van der Waals surface area contributed by atoms with Gasteiger partial charge in [0.25, 0.3) is 0 Å². The normalized spacial score (nSPS) is 19.2. The summed E-state index contributed by atoms with van der Waals surface area (Å²) in [5.74, 6) is -0.0525. The van der Waals surface area contributed by atoms with Gasteiger partial charge in [-0.1, -0.05) is 0 Å². The van der Waals surface area contributed by atoms with Crippen LogP contribution >= 0.6 is 0 Å². The molecule has 3 rings (SSSR count). The zero-order valence-electron chi connectivity index (χ0n) is 9.38. The lowest BCUT2D eigenvalue weighted by Crippen LogP contribution is -2.21. The number of hydrogen-bond donors (Lipinski definition) is 1. The van der Waals surface area contributed by atoms with Crippen molar-refractivity contribution in [3.63, 3.8) is 0 Å². The van der Waals surface area contributed by atoms with E-state index in [9.17, 15) is 4.79 Å². The molecule has 1 aromatic heterocycles. The summed E-state index contributed by atoms with van der Waals surface area (Å²) in [7, 11) is 1.89. The first-order valence-electron chi connectivity index (χ1n) is 5.48. The number of aromatic carboxylic acids is 1. The molecule has 1 fully saturated rings. The van der Waals surface area contributed by atoms with E-state index < -0.39 is 5.97 Å². The number of aryl methyl sites for hydroxylation is 1. The highest BCUT2D eigenvalue weighted by molar-refractivity contribution is 5.92. The third-order valence-corrected chi connectivity index (χ3v) is 3.15. The van der Waals surface area contributed by atoms with Gasteiger partial charge in [-0.3, -0.25) is 0 Å². The van der Waals surface area contributed by atoms with Crippen molar-refractivity contribution in [2.24, 2.45) is 7.05 Å². The Kier molecular flexibility index (Phi) is 2.16. The van der Waals surface area contributed by atoms with Gasteiger partial charge in [0.2, 0.25) is 0 Å².